The SMILES string of the molecule is CCCNC(c1cncc(C)c1)c1ccnc(C)c1. The molecule has 0 spiro atoms. The maximum absolute atomic E-state index is 4.31. The number of hydrogen-bond donors (Lipinski definition) is 1. The van der Waals surface area contributed by atoms with Crippen molar-refractivity contribution in [2.24, 2.45) is 0 Å². The normalized spacial score (nSPS) is 12.4. The average Bonchev–Trinajstić information content (AvgIpc) is 2.39. The van der Waals surface area contributed by atoms with Crippen LogP contribution in [0.4, 0.5) is 0 Å². The molecule has 3 heteroatoms. The molecule has 1 N–H and O–H groups in total. The third-order valence-electron chi connectivity index (χ3n) is 3.08. The zero-order chi connectivity index (χ0) is 13.7. The summed E-state index contributed by atoms with van der Waals surface area (Å²) in [6.07, 6.45) is 6.81. The van der Waals surface area contributed by atoms with E-state index in [0.717, 1.165) is 18.7 Å². The van der Waals surface area contributed by atoms with Crippen LogP contribution in [-0.4, -0.2) is 16.5 Å². The van der Waals surface area contributed by atoms with Crippen molar-refractivity contribution >= 4 is 0 Å². The Labute approximate surface area is 115 Å². The fraction of sp³-hybridized carbons (Fsp3) is 0.375. The third kappa shape index (κ3) is 3.61. The minimum Gasteiger partial charge on any atom is -0.306 e. The number of rotatable bonds is 5. The van der Waals surface area contributed by atoms with Crippen LogP contribution < -0.4 is 5.32 Å². The molecule has 100 valence electrons. The van der Waals surface area contributed by atoms with Crippen molar-refractivity contribution in [1.82, 2.24) is 15.3 Å². The molecule has 0 saturated carbocycles. The second-order valence-corrected chi connectivity index (χ2v) is 4.91. The Morgan fingerprint density at radius 3 is 2.68 bits per heavy atom. The Morgan fingerprint density at radius 2 is 2.00 bits per heavy atom. The van der Waals surface area contributed by atoms with Gasteiger partial charge in [0.1, 0.15) is 0 Å². The second kappa shape index (κ2) is 6.43. The third-order valence-corrected chi connectivity index (χ3v) is 3.08. The number of nitrogens with zero attached hydrogens (tertiary/aromatic N) is 2. The highest BCUT2D eigenvalue weighted by atomic mass is 14.9. The van der Waals surface area contributed by atoms with E-state index in [4.69, 9.17) is 0 Å². The largest absolute Gasteiger partial charge is 0.306 e. The van der Waals surface area contributed by atoms with Crippen LogP contribution >= 0.6 is 0 Å². The van der Waals surface area contributed by atoms with Crippen LogP contribution in [0.1, 0.15) is 41.8 Å². The highest BCUT2D eigenvalue weighted by Gasteiger charge is 2.14. The van der Waals surface area contributed by atoms with Gasteiger partial charge < -0.3 is 5.32 Å². The molecule has 0 saturated heterocycles. The first-order valence-electron chi connectivity index (χ1n) is 6.78. The highest BCUT2D eigenvalue weighted by Crippen LogP contribution is 2.22. The van der Waals surface area contributed by atoms with Crippen LogP contribution in [0.25, 0.3) is 0 Å². The number of hydrogen-bond acceptors (Lipinski definition) is 3. The first-order valence-corrected chi connectivity index (χ1v) is 6.78. The average molecular weight is 255 g/mol. The predicted octanol–water partition coefficient (Wildman–Crippen LogP) is 3.18. The van der Waals surface area contributed by atoms with Crippen molar-refractivity contribution in [1.29, 1.82) is 0 Å². The van der Waals surface area contributed by atoms with Crippen LogP contribution in [0.2, 0.25) is 0 Å². The molecular formula is C16H21N3. The lowest BCUT2D eigenvalue weighted by molar-refractivity contribution is 0.595. The Kier molecular flexibility index (Phi) is 4.63. The summed E-state index contributed by atoms with van der Waals surface area (Å²) in [5.41, 5.74) is 4.68. The van der Waals surface area contributed by atoms with Crippen molar-refractivity contribution in [2.45, 2.75) is 33.2 Å². The van der Waals surface area contributed by atoms with Gasteiger partial charge in [0, 0.05) is 24.3 Å². The van der Waals surface area contributed by atoms with Gasteiger partial charge in [-0.15, -0.1) is 0 Å². The second-order valence-electron chi connectivity index (χ2n) is 4.91. The van der Waals surface area contributed by atoms with E-state index < -0.39 is 0 Å². The van der Waals surface area contributed by atoms with E-state index in [0.29, 0.717) is 0 Å². The number of nitrogens with one attached hydrogen (secondary N) is 1. The molecule has 2 heterocycles. The van der Waals surface area contributed by atoms with Gasteiger partial charge in [0.25, 0.3) is 0 Å². The van der Waals surface area contributed by atoms with Crippen LogP contribution in [0.5, 0.6) is 0 Å². The van der Waals surface area contributed by atoms with Crippen molar-refractivity contribution in [3.63, 3.8) is 0 Å². The molecule has 0 radical (unpaired) electrons. The van der Waals surface area contributed by atoms with E-state index >= 15 is 0 Å². The van der Waals surface area contributed by atoms with Crippen LogP contribution in [0, 0.1) is 13.8 Å². The lowest BCUT2D eigenvalue weighted by atomic mass is 9.99. The van der Waals surface area contributed by atoms with E-state index in [1.807, 2.05) is 25.5 Å². The molecule has 0 bridgehead atoms. The fourth-order valence-corrected chi connectivity index (χ4v) is 2.20. The van der Waals surface area contributed by atoms with Gasteiger partial charge in [-0.2, -0.15) is 0 Å². The molecule has 1 atom stereocenters. The van der Waals surface area contributed by atoms with E-state index in [2.05, 4.69) is 47.3 Å². The maximum Gasteiger partial charge on any atom is 0.0593 e. The smallest absolute Gasteiger partial charge is 0.0593 e. The minimum atomic E-state index is 0.189. The van der Waals surface area contributed by atoms with Gasteiger partial charge in [-0.25, -0.2) is 0 Å². The van der Waals surface area contributed by atoms with Gasteiger partial charge in [-0.05, 0) is 55.6 Å². The number of aryl methyl sites for hydroxylation is 2. The summed E-state index contributed by atoms with van der Waals surface area (Å²) in [6.45, 7) is 7.26. The molecule has 0 aliphatic rings. The molecule has 1 unspecified atom stereocenters. The van der Waals surface area contributed by atoms with Crippen molar-refractivity contribution in [3.05, 3.63) is 59.2 Å². The topological polar surface area (TPSA) is 37.8 Å². The molecule has 2 rings (SSSR count). The Balaban J connectivity index is 2.35. The first kappa shape index (κ1) is 13.7. The van der Waals surface area contributed by atoms with Gasteiger partial charge in [0.05, 0.1) is 6.04 Å². The molecule has 2 aromatic rings. The van der Waals surface area contributed by atoms with Gasteiger partial charge in [0.15, 0.2) is 0 Å². The predicted molar refractivity (Wildman–Crippen MR) is 78.1 cm³/mol. The summed E-state index contributed by atoms with van der Waals surface area (Å²) < 4.78 is 0. The monoisotopic (exact) mass is 255 g/mol. The minimum absolute atomic E-state index is 0.189. The highest BCUT2D eigenvalue weighted by molar-refractivity contribution is 5.31. The number of pyridine rings is 2. The molecule has 0 aliphatic heterocycles. The zero-order valence-corrected chi connectivity index (χ0v) is 11.9. The van der Waals surface area contributed by atoms with Gasteiger partial charge in [0.2, 0.25) is 0 Å². The maximum atomic E-state index is 4.31. The van der Waals surface area contributed by atoms with Crippen molar-refractivity contribution in [3.8, 4) is 0 Å². The van der Waals surface area contributed by atoms with Crippen LogP contribution in [0.3, 0.4) is 0 Å². The Bertz CT molecular complexity index is 492. The quantitative estimate of drug-likeness (QED) is 0.891. The summed E-state index contributed by atoms with van der Waals surface area (Å²) >= 11 is 0. The summed E-state index contributed by atoms with van der Waals surface area (Å²) in [6, 6.07) is 6.59. The summed E-state index contributed by atoms with van der Waals surface area (Å²) in [5.74, 6) is 0. The summed E-state index contributed by atoms with van der Waals surface area (Å²) in [5, 5.41) is 3.59. The molecule has 0 aromatic carbocycles. The molecule has 19 heavy (non-hydrogen) atoms. The van der Waals surface area contributed by atoms with Gasteiger partial charge >= 0.3 is 0 Å². The molecule has 3 nitrogen and oxygen atoms in total. The van der Waals surface area contributed by atoms with E-state index in [9.17, 15) is 0 Å². The van der Waals surface area contributed by atoms with Crippen LogP contribution in [-0.2, 0) is 0 Å². The van der Waals surface area contributed by atoms with Gasteiger partial charge in [-0.1, -0.05) is 13.0 Å². The molecule has 0 amide bonds. The van der Waals surface area contributed by atoms with Crippen molar-refractivity contribution < 1.29 is 0 Å². The van der Waals surface area contributed by atoms with E-state index in [1.54, 1.807) is 0 Å². The molecular weight excluding hydrogens is 234 g/mol. The Morgan fingerprint density at radius 1 is 1.16 bits per heavy atom. The fourth-order valence-electron chi connectivity index (χ4n) is 2.20. The van der Waals surface area contributed by atoms with E-state index in [-0.39, 0.29) is 6.04 Å². The van der Waals surface area contributed by atoms with Gasteiger partial charge in [-0.3, -0.25) is 9.97 Å². The number of aromatic nitrogens is 2. The first-order chi connectivity index (χ1) is 9.20. The summed E-state index contributed by atoms with van der Waals surface area (Å²) in [4.78, 5) is 8.58. The van der Waals surface area contributed by atoms with Crippen molar-refractivity contribution in [2.75, 3.05) is 6.54 Å². The standard InChI is InChI=1S/C16H21N3/c1-4-6-19-16(14-5-7-18-13(3)9-14)15-8-12(2)10-17-11-15/h5,7-11,16,19H,4,6H2,1-3H3. The molecule has 0 fully saturated rings. The van der Waals surface area contributed by atoms with E-state index in [1.165, 1.54) is 16.7 Å². The van der Waals surface area contributed by atoms with Crippen LogP contribution in [0.15, 0.2) is 36.8 Å². The molecule has 2 aromatic heterocycles. The Hall–Kier alpha value is -1.74. The lowest BCUT2D eigenvalue weighted by Crippen LogP contribution is -2.23. The zero-order valence-electron chi connectivity index (χ0n) is 11.9. The lowest BCUT2D eigenvalue weighted by Gasteiger charge is -2.20. The summed E-state index contributed by atoms with van der Waals surface area (Å²) in [7, 11) is 0. The molecule has 0 aliphatic carbocycles.